The van der Waals surface area contributed by atoms with Gasteiger partial charge in [0, 0.05) is 0 Å². The molecule has 0 aromatic heterocycles. The molecule has 0 bridgehead atoms. The summed E-state index contributed by atoms with van der Waals surface area (Å²) in [5.41, 5.74) is 0.643. The lowest BCUT2D eigenvalue weighted by Gasteiger charge is -2.35. The van der Waals surface area contributed by atoms with E-state index in [1.807, 2.05) is 6.08 Å². The molecule has 0 heteroatoms. The number of rotatable bonds is 6. The highest BCUT2D eigenvalue weighted by Crippen LogP contribution is 2.41. The summed E-state index contributed by atoms with van der Waals surface area (Å²) in [6.45, 7) is 8.63. The molecular formula is C16H28. The van der Waals surface area contributed by atoms with Crippen LogP contribution in [0.3, 0.4) is 0 Å². The Hall–Kier alpha value is -0.520. The average Bonchev–Trinajstić information content (AvgIpc) is 2.25. The lowest BCUT2D eigenvalue weighted by atomic mass is 9.70. The van der Waals surface area contributed by atoms with Crippen LogP contribution in [-0.2, 0) is 0 Å². The van der Waals surface area contributed by atoms with Crippen molar-refractivity contribution in [2.75, 3.05) is 0 Å². The highest BCUT2D eigenvalue weighted by atomic mass is 14.3. The molecule has 0 radical (unpaired) electrons. The van der Waals surface area contributed by atoms with Crippen molar-refractivity contribution in [1.29, 1.82) is 0 Å². The summed E-state index contributed by atoms with van der Waals surface area (Å²) in [4.78, 5) is 0. The third kappa shape index (κ3) is 5.01. The number of hydrogen-bond donors (Lipinski definition) is 0. The normalized spacial score (nSPS) is 22.1. The van der Waals surface area contributed by atoms with Crippen LogP contribution < -0.4 is 0 Å². The molecule has 92 valence electrons. The maximum atomic E-state index is 3.73. The largest absolute Gasteiger partial charge is 0.103 e. The van der Waals surface area contributed by atoms with E-state index < -0.39 is 0 Å². The van der Waals surface area contributed by atoms with Crippen LogP contribution in [0.4, 0.5) is 0 Å². The first-order chi connectivity index (χ1) is 7.66. The molecule has 0 heterocycles. The Morgan fingerprint density at radius 3 is 2.50 bits per heavy atom. The molecule has 0 saturated heterocycles. The van der Waals surface area contributed by atoms with Crippen LogP contribution in [0.2, 0.25) is 0 Å². The van der Waals surface area contributed by atoms with E-state index in [-0.39, 0.29) is 0 Å². The fourth-order valence-corrected chi connectivity index (χ4v) is 3.06. The monoisotopic (exact) mass is 220 g/mol. The first kappa shape index (κ1) is 13.5. The minimum atomic E-state index is 0.643. The molecule has 1 rings (SSSR count). The Labute approximate surface area is 102 Å². The zero-order valence-electron chi connectivity index (χ0n) is 11.2. The Morgan fingerprint density at radius 2 is 1.88 bits per heavy atom. The lowest BCUT2D eigenvalue weighted by molar-refractivity contribution is 0.170. The molecule has 0 amide bonds. The lowest BCUT2D eigenvalue weighted by Crippen LogP contribution is -2.22. The predicted molar refractivity (Wildman–Crippen MR) is 73.5 cm³/mol. The molecule has 16 heavy (non-hydrogen) atoms. The molecule has 0 aromatic rings. The van der Waals surface area contributed by atoms with E-state index in [4.69, 9.17) is 0 Å². The van der Waals surface area contributed by atoms with Gasteiger partial charge in [-0.25, -0.2) is 0 Å². The Balaban J connectivity index is 2.26. The van der Waals surface area contributed by atoms with Crippen molar-refractivity contribution >= 4 is 0 Å². The Bertz CT molecular complexity index is 218. The van der Waals surface area contributed by atoms with E-state index in [1.54, 1.807) is 0 Å². The first-order valence-corrected chi connectivity index (χ1v) is 6.92. The smallest absolute Gasteiger partial charge is 0.0172 e. The van der Waals surface area contributed by atoms with Crippen molar-refractivity contribution in [3.8, 4) is 0 Å². The van der Waals surface area contributed by atoms with E-state index in [2.05, 4.69) is 32.6 Å². The molecule has 1 atom stereocenters. The van der Waals surface area contributed by atoms with Crippen molar-refractivity contribution in [2.45, 2.75) is 65.2 Å². The van der Waals surface area contributed by atoms with Crippen LogP contribution in [-0.4, -0.2) is 0 Å². The van der Waals surface area contributed by atoms with E-state index >= 15 is 0 Å². The van der Waals surface area contributed by atoms with Crippen molar-refractivity contribution in [1.82, 2.24) is 0 Å². The van der Waals surface area contributed by atoms with Gasteiger partial charge in [0.25, 0.3) is 0 Å². The summed E-state index contributed by atoms with van der Waals surface area (Å²) in [6, 6.07) is 0. The number of allylic oxidation sites excluding steroid dienone is 3. The van der Waals surface area contributed by atoms with Gasteiger partial charge < -0.3 is 0 Å². The maximum absolute atomic E-state index is 3.73. The quantitative estimate of drug-likeness (QED) is 0.518. The van der Waals surface area contributed by atoms with Gasteiger partial charge in [-0.3, -0.25) is 0 Å². The molecule has 0 spiro atoms. The van der Waals surface area contributed by atoms with E-state index in [1.165, 1.54) is 44.9 Å². The standard InChI is InChI=1S/C16H28/c1-4-5-6-8-11-15(2)14-16(3)12-9-7-10-13-16/h4,6,8,15H,1,5,7,9-14H2,2-3H3/b8-6-. The molecule has 1 aliphatic rings. The molecule has 0 aromatic carbocycles. The zero-order valence-corrected chi connectivity index (χ0v) is 11.2. The summed E-state index contributed by atoms with van der Waals surface area (Å²) in [5.74, 6) is 0.837. The van der Waals surface area contributed by atoms with Gasteiger partial charge in [-0.15, -0.1) is 6.58 Å². The molecule has 1 saturated carbocycles. The highest BCUT2D eigenvalue weighted by Gasteiger charge is 2.27. The second kappa shape index (κ2) is 6.93. The second-order valence-corrected chi connectivity index (χ2v) is 5.91. The van der Waals surface area contributed by atoms with Crippen molar-refractivity contribution in [2.24, 2.45) is 11.3 Å². The van der Waals surface area contributed by atoms with Gasteiger partial charge in [0.2, 0.25) is 0 Å². The van der Waals surface area contributed by atoms with Crippen LogP contribution in [0.25, 0.3) is 0 Å². The van der Waals surface area contributed by atoms with E-state index in [0.29, 0.717) is 5.41 Å². The van der Waals surface area contributed by atoms with Crippen LogP contribution in [0.1, 0.15) is 65.2 Å². The zero-order chi connectivity index (χ0) is 11.9. The van der Waals surface area contributed by atoms with Crippen LogP contribution >= 0.6 is 0 Å². The molecule has 0 N–H and O–H groups in total. The summed E-state index contributed by atoms with van der Waals surface area (Å²) in [5, 5.41) is 0. The van der Waals surface area contributed by atoms with Gasteiger partial charge in [0.15, 0.2) is 0 Å². The van der Waals surface area contributed by atoms with Crippen LogP contribution in [0, 0.1) is 11.3 Å². The fourth-order valence-electron chi connectivity index (χ4n) is 3.06. The maximum Gasteiger partial charge on any atom is -0.0172 e. The van der Waals surface area contributed by atoms with Gasteiger partial charge in [0.1, 0.15) is 0 Å². The third-order valence-corrected chi connectivity index (χ3v) is 3.91. The van der Waals surface area contributed by atoms with E-state index in [0.717, 1.165) is 12.3 Å². The van der Waals surface area contributed by atoms with Gasteiger partial charge in [-0.1, -0.05) is 51.3 Å². The fraction of sp³-hybridized carbons (Fsp3) is 0.750. The summed E-state index contributed by atoms with van der Waals surface area (Å²) in [6.07, 6.45) is 17.5. The molecule has 0 aliphatic heterocycles. The minimum absolute atomic E-state index is 0.643. The third-order valence-electron chi connectivity index (χ3n) is 3.91. The molecule has 1 unspecified atom stereocenters. The van der Waals surface area contributed by atoms with Gasteiger partial charge >= 0.3 is 0 Å². The number of hydrogen-bond acceptors (Lipinski definition) is 0. The topological polar surface area (TPSA) is 0 Å². The second-order valence-electron chi connectivity index (χ2n) is 5.91. The van der Waals surface area contributed by atoms with Crippen LogP contribution in [0.5, 0.6) is 0 Å². The summed E-state index contributed by atoms with van der Waals surface area (Å²) < 4.78 is 0. The molecule has 0 nitrogen and oxygen atoms in total. The average molecular weight is 220 g/mol. The van der Waals surface area contributed by atoms with Gasteiger partial charge in [-0.2, -0.15) is 0 Å². The Morgan fingerprint density at radius 1 is 1.19 bits per heavy atom. The molecule has 1 aliphatic carbocycles. The van der Waals surface area contributed by atoms with Gasteiger partial charge in [0.05, 0.1) is 0 Å². The summed E-state index contributed by atoms with van der Waals surface area (Å²) >= 11 is 0. The first-order valence-electron chi connectivity index (χ1n) is 6.92. The minimum Gasteiger partial charge on any atom is -0.103 e. The van der Waals surface area contributed by atoms with E-state index in [9.17, 15) is 0 Å². The van der Waals surface area contributed by atoms with Crippen molar-refractivity contribution in [3.05, 3.63) is 24.8 Å². The Kier molecular flexibility index (Phi) is 5.87. The van der Waals surface area contributed by atoms with Crippen molar-refractivity contribution < 1.29 is 0 Å². The van der Waals surface area contributed by atoms with Crippen LogP contribution in [0.15, 0.2) is 24.8 Å². The SMILES string of the molecule is C=CC/C=C\CC(C)CC1(C)CCCCC1. The van der Waals surface area contributed by atoms with Gasteiger partial charge in [-0.05, 0) is 43.4 Å². The summed E-state index contributed by atoms with van der Waals surface area (Å²) in [7, 11) is 0. The predicted octanol–water partition coefficient (Wildman–Crippen LogP) is 5.51. The highest BCUT2D eigenvalue weighted by molar-refractivity contribution is 4.90. The molecular weight excluding hydrogens is 192 g/mol. The van der Waals surface area contributed by atoms with Crippen molar-refractivity contribution in [3.63, 3.8) is 0 Å². The molecule has 1 fully saturated rings.